The van der Waals surface area contributed by atoms with Gasteiger partial charge in [-0.3, -0.25) is 4.98 Å². The smallest absolute Gasteiger partial charge is 0.174 e. The molecule has 2 aromatic heterocycles. The van der Waals surface area contributed by atoms with Gasteiger partial charge in [0.25, 0.3) is 0 Å². The number of pyridine rings is 1. The van der Waals surface area contributed by atoms with Crippen molar-refractivity contribution in [2.45, 2.75) is 45.7 Å². The summed E-state index contributed by atoms with van der Waals surface area (Å²) in [7, 11) is 4.13. The fourth-order valence-electron chi connectivity index (χ4n) is 5.35. The molecule has 0 spiro atoms. The van der Waals surface area contributed by atoms with Gasteiger partial charge in [-0.05, 0) is 97.7 Å². The van der Waals surface area contributed by atoms with Crippen LogP contribution < -0.4 is 15.1 Å². The van der Waals surface area contributed by atoms with Crippen LogP contribution in [0.4, 0.5) is 11.4 Å². The van der Waals surface area contributed by atoms with Crippen LogP contribution in [0.15, 0.2) is 79.0 Å². The lowest BCUT2D eigenvalue weighted by molar-refractivity contribution is 0.565. The maximum atomic E-state index is 5.95. The fraction of sp³-hybridized carbons (Fsp3) is 0.290. The third-order valence-corrected chi connectivity index (χ3v) is 7.66. The van der Waals surface area contributed by atoms with Crippen LogP contribution in [0.2, 0.25) is 0 Å². The highest BCUT2D eigenvalue weighted by Crippen LogP contribution is 2.44. The quantitative estimate of drug-likeness (QED) is 0.288. The Morgan fingerprint density at radius 1 is 0.919 bits per heavy atom. The van der Waals surface area contributed by atoms with Crippen LogP contribution in [0, 0.1) is 13.8 Å². The Balaban J connectivity index is 1.62. The zero-order valence-electron chi connectivity index (χ0n) is 22.4. The first-order valence-electron chi connectivity index (χ1n) is 12.8. The first-order chi connectivity index (χ1) is 17.8. The second kappa shape index (κ2) is 10.0. The average molecular weight is 510 g/mol. The third kappa shape index (κ3) is 4.62. The van der Waals surface area contributed by atoms with E-state index in [0.29, 0.717) is 5.92 Å². The molecule has 1 saturated heterocycles. The van der Waals surface area contributed by atoms with E-state index in [1.807, 2.05) is 18.3 Å². The van der Waals surface area contributed by atoms with Gasteiger partial charge < -0.3 is 19.7 Å². The summed E-state index contributed by atoms with van der Waals surface area (Å²) < 4.78 is 2.34. The molecule has 0 aliphatic carbocycles. The SMILES string of the molecule is Cc1cc([C@@H]2[C@@H](c3ccccn3)NC(=S)N2c2ccc(C(C)C)cc2)c(C)n1-c1ccc(N(C)C)cc1. The highest BCUT2D eigenvalue weighted by molar-refractivity contribution is 7.80. The van der Waals surface area contributed by atoms with E-state index in [1.165, 1.54) is 28.2 Å². The van der Waals surface area contributed by atoms with E-state index in [-0.39, 0.29) is 12.1 Å². The molecule has 0 saturated carbocycles. The molecular weight excluding hydrogens is 474 g/mol. The first-order valence-corrected chi connectivity index (χ1v) is 13.2. The van der Waals surface area contributed by atoms with Crippen molar-refractivity contribution in [1.29, 1.82) is 0 Å². The summed E-state index contributed by atoms with van der Waals surface area (Å²) >= 11 is 5.95. The molecule has 0 radical (unpaired) electrons. The van der Waals surface area contributed by atoms with Gasteiger partial charge in [0, 0.05) is 48.7 Å². The van der Waals surface area contributed by atoms with E-state index in [4.69, 9.17) is 17.2 Å². The molecule has 37 heavy (non-hydrogen) atoms. The topological polar surface area (TPSA) is 36.3 Å². The number of benzene rings is 2. The monoisotopic (exact) mass is 509 g/mol. The molecule has 190 valence electrons. The zero-order chi connectivity index (χ0) is 26.3. The summed E-state index contributed by atoms with van der Waals surface area (Å²) in [4.78, 5) is 9.10. The molecule has 0 bridgehead atoms. The Morgan fingerprint density at radius 3 is 2.19 bits per heavy atom. The molecule has 0 amide bonds. The van der Waals surface area contributed by atoms with Gasteiger partial charge in [-0.2, -0.15) is 0 Å². The molecule has 0 unspecified atom stereocenters. The Labute approximate surface area is 225 Å². The number of hydrogen-bond donors (Lipinski definition) is 1. The molecule has 5 rings (SSSR count). The maximum Gasteiger partial charge on any atom is 0.174 e. The van der Waals surface area contributed by atoms with E-state index in [1.54, 1.807) is 0 Å². The van der Waals surface area contributed by atoms with Gasteiger partial charge in [-0.25, -0.2) is 0 Å². The average Bonchev–Trinajstić information content (AvgIpc) is 3.39. The molecule has 2 atom stereocenters. The molecule has 6 heteroatoms. The largest absolute Gasteiger partial charge is 0.378 e. The second-order valence-electron chi connectivity index (χ2n) is 10.3. The van der Waals surface area contributed by atoms with E-state index in [0.717, 1.165) is 22.2 Å². The molecule has 1 fully saturated rings. The minimum atomic E-state index is -0.0662. The van der Waals surface area contributed by atoms with Gasteiger partial charge in [0.15, 0.2) is 5.11 Å². The molecular formula is C31H35N5S. The minimum Gasteiger partial charge on any atom is -0.378 e. The van der Waals surface area contributed by atoms with Crippen LogP contribution in [0.1, 0.15) is 60.1 Å². The molecule has 3 heterocycles. The van der Waals surface area contributed by atoms with Crippen molar-refractivity contribution in [3.05, 3.63) is 107 Å². The Kier molecular flexibility index (Phi) is 6.78. The van der Waals surface area contributed by atoms with Crippen molar-refractivity contribution >= 4 is 28.7 Å². The molecule has 5 nitrogen and oxygen atoms in total. The van der Waals surface area contributed by atoms with E-state index in [9.17, 15) is 0 Å². The zero-order valence-corrected chi connectivity index (χ0v) is 23.3. The normalized spacial score (nSPS) is 17.4. The Bertz CT molecular complexity index is 1390. The van der Waals surface area contributed by atoms with E-state index >= 15 is 0 Å². The fourth-order valence-corrected chi connectivity index (χ4v) is 5.70. The van der Waals surface area contributed by atoms with Crippen LogP contribution in [-0.4, -0.2) is 28.8 Å². The molecule has 2 aromatic carbocycles. The van der Waals surface area contributed by atoms with Gasteiger partial charge in [-0.1, -0.05) is 32.0 Å². The Morgan fingerprint density at radius 2 is 1.59 bits per heavy atom. The molecule has 1 aliphatic rings. The van der Waals surface area contributed by atoms with Crippen molar-refractivity contribution in [3.63, 3.8) is 0 Å². The van der Waals surface area contributed by atoms with E-state index in [2.05, 4.69) is 122 Å². The lowest BCUT2D eigenvalue weighted by Gasteiger charge is -2.28. The van der Waals surface area contributed by atoms with Crippen LogP contribution in [0.5, 0.6) is 0 Å². The van der Waals surface area contributed by atoms with Crippen LogP contribution in [0.3, 0.4) is 0 Å². The summed E-state index contributed by atoms with van der Waals surface area (Å²) in [5.41, 5.74) is 9.37. The number of rotatable bonds is 6. The number of aryl methyl sites for hydroxylation is 1. The molecule has 1 aliphatic heterocycles. The van der Waals surface area contributed by atoms with Crippen molar-refractivity contribution in [3.8, 4) is 5.69 Å². The highest BCUT2D eigenvalue weighted by Gasteiger charge is 2.42. The van der Waals surface area contributed by atoms with Crippen molar-refractivity contribution in [2.24, 2.45) is 0 Å². The van der Waals surface area contributed by atoms with Gasteiger partial charge in [0.2, 0.25) is 0 Å². The van der Waals surface area contributed by atoms with E-state index < -0.39 is 0 Å². The van der Waals surface area contributed by atoms with Gasteiger partial charge in [-0.15, -0.1) is 0 Å². The third-order valence-electron chi connectivity index (χ3n) is 7.35. The van der Waals surface area contributed by atoms with Gasteiger partial charge in [0.05, 0.1) is 17.8 Å². The second-order valence-corrected chi connectivity index (χ2v) is 10.7. The summed E-state index contributed by atoms with van der Waals surface area (Å²) in [6.07, 6.45) is 1.85. The summed E-state index contributed by atoms with van der Waals surface area (Å²) in [6.45, 7) is 8.82. The highest BCUT2D eigenvalue weighted by atomic mass is 32.1. The predicted octanol–water partition coefficient (Wildman–Crippen LogP) is 6.86. The van der Waals surface area contributed by atoms with Crippen molar-refractivity contribution in [2.75, 3.05) is 23.9 Å². The van der Waals surface area contributed by atoms with Crippen LogP contribution in [-0.2, 0) is 0 Å². The number of nitrogens with one attached hydrogen (secondary N) is 1. The van der Waals surface area contributed by atoms with Gasteiger partial charge in [0.1, 0.15) is 0 Å². The summed E-state index contributed by atoms with van der Waals surface area (Å²) in [6, 6.07) is 25.8. The van der Waals surface area contributed by atoms with Crippen molar-refractivity contribution < 1.29 is 0 Å². The number of aromatic nitrogens is 2. The number of thiocarbonyl (C=S) groups is 1. The number of nitrogens with zero attached hydrogens (tertiary/aromatic N) is 4. The maximum absolute atomic E-state index is 5.95. The standard InChI is InChI=1S/C31H35N5S/c1-20(2)23-10-12-26(13-11-23)36-30(29(33-31(36)37)28-9-7-8-18-32-28)27-19-21(3)35(22(27)4)25-16-14-24(15-17-25)34(5)6/h7-20,29-30H,1-6H3,(H,33,37)/t29-,30-/m1/s1. The number of anilines is 2. The first kappa shape index (κ1) is 25.0. The molecule has 4 aromatic rings. The summed E-state index contributed by atoms with van der Waals surface area (Å²) in [5, 5.41) is 4.32. The molecule has 1 N–H and O–H groups in total. The lowest BCUT2D eigenvalue weighted by Crippen LogP contribution is -2.29. The Hall–Kier alpha value is -3.64. The predicted molar refractivity (Wildman–Crippen MR) is 158 cm³/mol. The van der Waals surface area contributed by atoms with Crippen LogP contribution in [0.25, 0.3) is 5.69 Å². The van der Waals surface area contributed by atoms with Crippen molar-refractivity contribution in [1.82, 2.24) is 14.9 Å². The van der Waals surface area contributed by atoms with Crippen LogP contribution >= 0.6 is 12.2 Å². The van der Waals surface area contributed by atoms with Gasteiger partial charge >= 0.3 is 0 Å². The minimum absolute atomic E-state index is 0.0340. The lowest BCUT2D eigenvalue weighted by atomic mass is 9.96. The summed E-state index contributed by atoms with van der Waals surface area (Å²) in [5.74, 6) is 0.479. The number of hydrogen-bond acceptors (Lipinski definition) is 3.